The predicted molar refractivity (Wildman–Crippen MR) is 162 cm³/mol. The molecule has 4 rings (SSSR count). The second-order valence-electron chi connectivity index (χ2n) is 9.38. The summed E-state index contributed by atoms with van der Waals surface area (Å²) in [7, 11) is 0. The average Bonchev–Trinajstić information content (AvgIpc) is 2.91. The molecule has 1 unspecified atom stereocenters. The summed E-state index contributed by atoms with van der Waals surface area (Å²) >= 11 is 1.57. The van der Waals surface area contributed by atoms with Crippen LogP contribution in [0.15, 0.2) is 84.9 Å². The molecule has 0 bridgehead atoms. The first-order chi connectivity index (χ1) is 18.0. The Kier molecular flexibility index (Phi) is 11.1. The number of carboxylic acids is 1. The van der Waals surface area contributed by atoms with Gasteiger partial charge in [0, 0.05) is 5.56 Å². The Morgan fingerprint density at radius 3 is 2.21 bits per heavy atom. The monoisotopic (exact) mass is 519 g/mol. The Bertz CT molecular complexity index is 1400. The van der Waals surface area contributed by atoms with Crippen molar-refractivity contribution in [2.45, 2.75) is 38.6 Å². The van der Waals surface area contributed by atoms with Gasteiger partial charge in [0.25, 0.3) is 5.91 Å². The molecule has 4 nitrogen and oxygen atoms in total. The molecule has 4 aromatic carbocycles. The van der Waals surface area contributed by atoms with Gasteiger partial charge in [0.05, 0.1) is 0 Å². The number of carbonyl (C=O) groups excluding carboxylic acids is 1. The molecule has 0 aliphatic heterocycles. The molecule has 0 spiro atoms. The molecule has 38 heavy (non-hydrogen) atoms. The van der Waals surface area contributed by atoms with Gasteiger partial charge in [-0.3, -0.25) is 4.79 Å². The molecule has 6 heteroatoms. The van der Waals surface area contributed by atoms with E-state index in [1.807, 2.05) is 49.6 Å². The predicted octanol–water partition coefficient (Wildman–Crippen LogP) is 6.28. The van der Waals surface area contributed by atoms with E-state index in [-0.39, 0.29) is 24.8 Å². The van der Waals surface area contributed by atoms with Crippen molar-refractivity contribution >= 4 is 53.3 Å². The fourth-order valence-electron chi connectivity index (χ4n) is 4.66. The van der Waals surface area contributed by atoms with Crippen molar-refractivity contribution in [1.82, 2.24) is 5.32 Å². The zero-order valence-corrected chi connectivity index (χ0v) is 22.2. The van der Waals surface area contributed by atoms with Crippen LogP contribution in [0, 0.1) is 6.92 Å². The summed E-state index contributed by atoms with van der Waals surface area (Å²) < 4.78 is 0. The number of hydrogen-bond donors (Lipinski definition) is 2. The number of carbonyl (C=O) groups is 2. The Hall–Kier alpha value is -2.97. The summed E-state index contributed by atoms with van der Waals surface area (Å²) in [5.41, 5.74) is 5.88. The molecule has 0 radical (unpaired) electrons. The molecular formula is C32H34LiNO3S. The van der Waals surface area contributed by atoms with E-state index in [1.165, 1.54) is 16.3 Å². The Morgan fingerprint density at radius 2 is 1.50 bits per heavy atom. The Balaban J connectivity index is 0.00000400. The van der Waals surface area contributed by atoms with Crippen molar-refractivity contribution in [3.63, 3.8) is 0 Å². The number of aryl methyl sites for hydroxylation is 3. The fraction of sp³-hybridized carbons (Fsp3) is 0.250. The maximum atomic E-state index is 13.3. The molecule has 0 saturated carbocycles. The van der Waals surface area contributed by atoms with Crippen molar-refractivity contribution in [1.29, 1.82) is 0 Å². The number of carboxylic acid groups (broad SMARTS) is 1. The second-order valence-corrected chi connectivity index (χ2v) is 10.4. The first-order valence-electron chi connectivity index (χ1n) is 12.7. The van der Waals surface area contributed by atoms with Crippen LogP contribution in [-0.2, 0) is 17.6 Å². The van der Waals surface area contributed by atoms with E-state index in [1.54, 1.807) is 11.8 Å². The molecule has 1 amide bonds. The number of rotatable bonds is 11. The van der Waals surface area contributed by atoms with Crippen LogP contribution in [0.25, 0.3) is 21.9 Å². The van der Waals surface area contributed by atoms with Crippen LogP contribution < -0.4 is 5.32 Å². The fourth-order valence-corrected chi connectivity index (χ4v) is 5.13. The number of hydrogen-bond acceptors (Lipinski definition) is 3. The van der Waals surface area contributed by atoms with Crippen molar-refractivity contribution in [3.05, 3.63) is 107 Å². The van der Waals surface area contributed by atoms with Crippen LogP contribution in [0.1, 0.15) is 39.9 Å². The number of aliphatic carboxylic acids is 1. The molecule has 0 saturated heterocycles. The molecule has 0 heterocycles. The number of fused-ring (bicyclic) bond motifs is 1. The quantitative estimate of drug-likeness (QED) is 0.229. The van der Waals surface area contributed by atoms with Gasteiger partial charge < -0.3 is 10.4 Å². The van der Waals surface area contributed by atoms with Crippen LogP contribution in [0.3, 0.4) is 0 Å². The van der Waals surface area contributed by atoms with Gasteiger partial charge in [-0.15, -0.1) is 0 Å². The summed E-state index contributed by atoms with van der Waals surface area (Å²) in [6.07, 6.45) is 5.17. The molecule has 2 N–H and O–H groups in total. The minimum atomic E-state index is -1.01. The van der Waals surface area contributed by atoms with Gasteiger partial charge in [-0.25, -0.2) is 4.79 Å². The number of nitrogens with one attached hydrogen (secondary N) is 1. The zero-order chi connectivity index (χ0) is 26.2. The van der Waals surface area contributed by atoms with Crippen LogP contribution in [-0.4, -0.2) is 53.9 Å². The molecule has 0 aliphatic rings. The molecule has 0 aliphatic carbocycles. The molecule has 0 fully saturated rings. The van der Waals surface area contributed by atoms with Gasteiger partial charge >= 0.3 is 24.8 Å². The van der Waals surface area contributed by atoms with Gasteiger partial charge in [0.1, 0.15) is 6.04 Å². The van der Waals surface area contributed by atoms with E-state index in [9.17, 15) is 14.7 Å². The SMILES string of the molecule is CSCCC(NC(=O)c1ccc(CCCc2ccc3ccccc3c2)cc1-c1ccccc1C)C(=O)O.[LiH]. The number of benzene rings is 4. The van der Waals surface area contributed by atoms with Crippen molar-refractivity contribution in [3.8, 4) is 11.1 Å². The van der Waals surface area contributed by atoms with Crippen LogP contribution in [0.4, 0.5) is 0 Å². The first kappa shape index (κ1) is 29.6. The Labute approximate surface area is 241 Å². The Morgan fingerprint density at radius 1 is 0.842 bits per heavy atom. The van der Waals surface area contributed by atoms with E-state index < -0.39 is 12.0 Å². The summed E-state index contributed by atoms with van der Waals surface area (Å²) in [6.45, 7) is 2.03. The molecule has 4 aromatic rings. The zero-order valence-electron chi connectivity index (χ0n) is 21.4. The number of amides is 1. The summed E-state index contributed by atoms with van der Waals surface area (Å²) in [6, 6.07) is 28.1. The third-order valence-electron chi connectivity index (χ3n) is 6.72. The number of thioether (sulfide) groups is 1. The van der Waals surface area contributed by atoms with Gasteiger partial charge in [-0.2, -0.15) is 11.8 Å². The summed E-state index contributed by atoms with van der Waals surface area (Å²) in [4.78, 5) is 25.0. The van der Waals surface area contributed by atoms with E-state index in [4.69, 9.17) is 0 Å². The molecule has 192 valence electrons. The van der Waals surface area contributed by atoms with Crippen molar-refractivity contribution < 1.29 is 14.7 Å². The molecule has 0 aromatic heterocycles. The summed E-state index contributed by atoms with van der Waals surface area (Å²) in [5.74, 6) is -0.697. The molecular weight excluding hydrogens is 485 g/mol. The third kappa shape index (κ3) is 7.54. The van der Waals surface area contributed by atoms with Gasteiger partial charge in [-0.05, 0) is 89.3 Å². The first-order valence-corrected chi connectivity index (χ1v) is 14.0. The van der Waals surface area contributed by atoms with Crippen molar-refractivity contribution in [2.75, 3.05) is 12.0 Å². The standard InChI is InChI=1S/C32H33NO3S.Li.H/c1-22-8-3-6-13-27(22)29-21-24(10-7-9-23-14-16-25-11-4-5-12-26(25)20-23)15-17-28(29)31(34)33-30(32(35)36)18-19-37-2;;/h3-6,8,11-17,20-21,30H,7,9-10,18-19H2,1-2H3,(H,33,34)(H,35,36);;. The normalized spacial score (nSPS) is 11.5. The van der Waals surface area contributed by atoms with Gasteiger partial charge in [0.2, 0.25) is 0 Å². The average molecular weight is 520 g/mol. The maximum absolute atomic E-state index is 13.3. The van der Waals surface area contributed by atoms with Gasteiger partial charge in [0.15, 0.2) is 0 Å². The van der Waals surface area contributed by atoms with Gasteiger partial charge in [-0.1, -0.05) is 78.9 Å². The van der Waals surface area contributed by atoms with E-state index in [2.05, 4.69) is 53.8 Å². The van der Waals surface area contributed by atoms with Crippen LogP contribution in [0.5, 0.6) is 0 Å². The molecule has 1 atom stereocenters. The topological polar surface area (TPSA) is 66.4 Å². The second kappa shape index (κ2) is 14.3. The van der Waals surface area contributed by atoms with E-state index >= 15 is 0 Å². The van der Waals surface area contributed by atoms with Crippen LogP contribution >= 0.6 is 11.8 Å². The summed E-state index contributed by atoms with van der Waals surface area (Å²) in [5, 5.41) is 14.9. The third-order valence-corrected chi connectivity index (χ3v) is 7.37. The minimum absolute atomic E-state index is 0. The van der Waals surface area contributed by atoms with Crippen LogP contribution in [0.2, 0.25) is 0 Å². The van der Waals surface area contributed by atoms with E-state index in [0.717, 1.165) is 41.5 Å². The van der Waals surface area contributed by atoms with E-state index in [0.29, 0.717) is 17.7 Å². The van der Waals surface area contributed by atoms with Crippen molar-refractivity contribution in [2.24, 2.45) is 0 Å².